The summed E-state index contributed by atoms with van der Waals surface area (Å²) in [6, 6.07) is 5.75. The molecule has 1 amide bonds. The van der Waals surface area contributed by atoms with Crippen LogP contribution in [0.3, 0.4) is 0 Å². The molecule has 1 saturated heterocycles. The summed E-state index contributed by atoms with van der Waals surface area (Å²) in [6.45, 7) is 8.07. The van der Waals surface area contributed by atoms with Gasteiger partial charge >= 0.3 is 0 Å². The van der Waals surface area contributed by atoms with Gasteiger partial charge in [0.1, 0.15) is 12.4 Å². The fourth-order valence-electron chi connectivity index (χ4n) is 3.31. The first-order valence-corrected chi connectivity index (χ1v) is 12.9. The SMILES string of the molecule is Cc1ccc(C(C)C)c(OCc2nnc(S[C@@H](C)C(=O)N[C@H]3CCS(=O)(=O)C3)n2N)c1. The summed E-state index contributed by atoms with van der Waals surface area (Å²) >= 11 is 1.16. The lowest BCUT2D eigenvalue weighted by molar-refractivity contribution is -0.120. The number of nitrogens with one attached hydrogen (secondary N) is 1. The van der Waals surface area contributed by atoms with E-state index in [0.717, 1.165) is 28.6 Å². The van der Waals surface area contributed by atoms with Gasteiger partial charge in [-0.25, -0.2) is 13.1 Å². The Morgan fingerprint density at radius 2 is 2.10 bits per heavy atom. The van der Waals surface area contributed by atoms with Crippen molar-refractivity contribution in [2.24, 2.45) is 0 Å². The van der Waals surface area contributed by atoms with E-state index in [0.29, 0.717) is 23.3 Å². The first kappa shape index (κ1) is 23.4. The molecule has 170 valence electrons. The molecule has 1 aromatic heterocycles. The Bertz CT molecular complexity index is 1050. The summed E-state index contributed by atoms with van der Waals surface area (Å²) in [6.07, 6.45) is 0.442. The smallest absolute Gasteiger partial charge is 0.233 e. The van der Waals surface area contributed by atoms with E-state index in [-0.39, 0.29) is 30.1 Å². The molecule has 1 aliphatic rings. The third-order valence-corrected chi connectivity index (χ3v) is 7.94. The highest BCUT2D eigenvalue weighted by molar-refractivity contribution is 8.00. The number of sulfone groups is 1. The van der Waals surface area contributed by atoms with Crippen molar-refractivity contribution in [2.75, 3.05) is 17.3 Å². The lowest BCUT2D eigenvalue weighted by Crippen LogP contribution is -2.40. The van der Waals surface area contributed by atoms with Crippen LogP contribution in [0.5, 0.6) is 5.75 Å². The minimum absolute atomic E-state index is 0.0119. The number of hydrogen-bond acceptors (Lipinski definition) is 8. The standard InChI is InChI=1S/C20H29N5O4S2/c1-12(2)16-6-5-13(3)9-17(16)29-10-18-23-24-20(25(18)21)30-14(4)19(26)22-15-7-8-31(27,28)11-15/h5-6,9,12,14-15H,7-8,10-11,21H2,1-4H3,(H,22,26)/t14-,15-/m0/s1. The maximum absolute atomic E-state index is 12.4. The molecule has 31 heavy (non-hydrogen) atoms. The lowest BCUT2D eigenvalue weighted by atomic mass is 10.0. The molecule has 0 bridgehead atoms. The fourth-order valence-corrected chi connectivity index (χ4v) is 5.78. The van der Waals surface area contributed by atoms with Gasteiger partial charge in [-0.05, 0) is 43.4 Å². The third-order valence-electron chi connectivity index (χ3n) is 5.11. The Hall–Kier alpha value is -2.27. The van der Waals surface area contributed by atoms with E-state index >= 15 is 0 Å². The predicted molar refractivity (Wildman–Crippen MR) is 120 cm³/mol. The van der Waals surface area contributed by atoms with Gasteiger partial charge in [-0.1, -0.05) is 37.7 Å². The summed E-state index contributed by atoms with van der Waals surface area (Å²) in [7, 11) is -3.05. The van der Waals surface area contributed by atoms with Crippen molar-refractivity contribution in [3.63, 3.8) is 0 Å². The molecular formula is C20H29N5O4S2. The number of hydrogen-bond donors (Lipinski definition) is 2. The van der Waals surface area contributed by atoms with Crippen molar-refractivity contribution < 1.29 is 17.9 Å². The van der Waals surface area contributed by atoms with E-state index in [2.05, 4.69) is 41.5 Å². The first-order chi connectivity index (χ1) is 14.6. The molecule has 0 aliphatic carbocycles. The number of carbonyl (C=O) groups is 1. The first-order valence-electron chi connectivity index (χ1n) is 10.2. The highest BCUT2D eigenvalue weighted by Gasteiger charge is 2.30. The zero-order valence-electron chi connectivity index (χ0n) is 18.2. The molecular weight excluding hydrogens is 438 g/mol. The number of nitrogens with zero attached hydrogens (tertiary/aromatic N) is 3. The molecule has 11 heteroatoms. The van der Waals surface area contributed by atoms with Crippen molar-refractivity contribution in [3.8, 4) is 5.75 Å². The Kier molecular flexibility index (Phi) is 7.15. The molecule has 0 saturated carbocycles. The van der Waals surface area contributed by atoms with E-state index in [1.807, 2.05) is 13.0 Å². The molecule has 0 radical (unpaired) electrons. The topological polar surface area (TPSA) is 129 Å². The van der Waals surface area contributed by atoms with Crippen LogP contribution in [-0.4, -0.2) is 52.0 Å². The number of thioether (sulfide) groups is 1. The summed E-state index contributed by atoms with van der Waals surface area (Å²) in [5, 5.41) is 10.8. The number of rotatable bonds is 8. The van der Waals surface area contributed by atoms with Crippen LogP contribution in [0.25, 0.3) is 0 Å². The second kappa shape index (κ2) is 9.47. The molecule has 1 aromatic carbocycles. The number of ether oxygens (including phenoxy) is 1. The van der Waals surface area contributed by atoms with Crippen LogP contribution < -0.4 is 15.9 Å². The summed E-state index contributed by atoms with van der Waals surface area (Å²) in [5.41, 5.74) is 2.20. The number of nitrogen functional groups attached to an aromatic ring is 1. The minimum atomic E-state index is -3.05. The van der Waals surface area contributed by atoms with Gasteiger partial charge in [0.15, 0.2) is 15.7 Å². The minimum Gasteiger partial charge on any atom is -0.485 e. The van der Waals surface area contributed by atoms with E-state index in [1.54, 1.807) is 6.92 Å². The van der Waals surface area contributed by atoms with Crippen molar-refractivity contribution >= 4 is 27.5 Å². The van der Waals surface area contributed by atoms with E-state index in [4.69, 9.17) is 10.6 Å². The average molecular weight is 468 g/mol. The average Bonchev–Trinajstić information content (AvgIpc) is 3.21. The zero-order valence-corrected chi connectivity index (χ0v) is 19.8. The number of aromatic nitrogens is 3. The number of aryl methyl sites for hydroxylation is 1. The monoisotopic (exact) mass is 467 g/mol. The van der Waals surface area contributed by atoms with Crippen LogP contribution in [0.2, 0.25) is 0 Å². The van der Waals surface area contributed by atoms with Crippen LogP contribution in [0, 0.1) is 6.92 Å². The third kappa shape index (κ3) is 5.91. The number of benzene rings is 1. The highest BCUT2D eigenvalue weighted by atomic mass is 32.2. The summed E-state index contributed by atoms with van der Waals surface area (Å²) in [4.78, 5) is 12.4. The molecule has 1 aliphatic heterocycles. The largest absolute Gasteiger partial charge is 0.485 e. The fraction of sp³-hybridized carbons (Fsp3) is 0.550. The molecule has 2 atom stereocenters. The summed E-state index contributed by atoms with van der Waals surface area (Å²) < 4.78 is 30.4. The number of carbonyl (C=O) groups excluding carboxylic acids is 1. The molecule has 2 aromatic rings. The van der Waals surface area contributed by atoms with Gasteiger partial charge in [0.05, 0.1) is 16.8 Å². The van der Waals surface area contributed by atoms with Crippen LogP contribution in [0.4, 0.5) is 0 Å². The van der Waals surface area contributed by atoms with Crippen LogP contribution in [0.15, 0.2) is 23.4 Å². The van der Waals surface area contributed by atoms with Crippen molar-refractivity contribution in [2.45, 2.75) is 63.1 Å². The quantitative estimate of drug-likeness (QED) is 0.444. The van der Waals surface area contributed by atoms with Gasteiger partial charge in [0, 0.05) is 6.04 Å². The van der Waals surface area contributed by atoms with Gasteiger partial charge in [-0.3, -0.25) is 4.79 Å². The van der Waals surface area contributed by atoms with Crippen molar-refractivity contribution in [1.82, 2.24) is 20.2 Å². The van der Waals surface area contributed by atoms with Crippen LogP contribution in [0.1, 0.15) is 50.1 Å². The molecule has 2 heterocycles. The second-order valence-electron chi connectivity index (χ2n) is 8.12. The number of amides is 1. The van der Waals surface area contributed by atoms with Gasteiger partial charge in [0.2, 0.25) is 11.1 Å². The molecule has 0 spiro atoms. The Morgan fingerprint density at radius 3 is 2.74 bits per heavy atom. The van der Waals surface area contributed by atoms with Crippen molar-refractivity contribution in [3.05, 3.63) is 35.2 Å². The highest BCUT2D eigenvalue weighted by Crippen LogP contribution is 2.28. The van der Waals surface area contributed by atoms with Gasteiger partial charge in [0.25, 0.3) is 0 Å². The Morgan fingerprint density at radius 1 is 1.35 bits per heavy atom. The van der Waals surface area contributed by atoms with Gasteiger partial charge in [-0.15, -0.1) is 10.2 Å². The number of nitrogens with two attached hydrogens (primary N) is 1. The molecule has 9 nitrogen and oxygen atoms in total. The second-order valence-corrected chi connectivity index (χ2v) is 11.7. The van der Waals surface area contributed by atoms with Crippen molar-refractivity contribution in [1.29, 1.82) is 0 Å². The van der Waals surface area contributed by atoms with Crippen LogP contribution in [-0.2, 0) is 21.2 Å². The van der Waals surface area contributed by atoms with E-state index in [9.17, 15) is 13.2 Å². The Labute approximate surface area is 187 Å². The van der Waals surface area contributed by atoms with Gasteiger partial charge < -0.3 is 15.9 Å². The van der Waals surface area contributed by atoms with E-state index < -0.39 is 15.1 Å². The molecule has 3 rings (SSSR count). The zero-order chi connectivity index (χ0) is 22.8. The molecule has 1 fully saturated rings. The molecule has 3 N–H and O–H groups in total. The van der Waals surface area contributed by atoms with Crippen LogP contribution >= 0.6 is 11.8 Å². The van der Waals surface area contributed by atoms with Gasteiger partial charge in [-0.2, -0.15) is 0 Å². The predicted octanol–water partition coefficient (Wildman–Crippen LogP) is 1.79. The maximum Gasteiger partial charge on any atom is 0.233 e. The maximum atomic E-state index is 12.4. The summed E-state index contributed by atoms with van der Waals surface area (Å²) in [5.74, 6) is 7.50. The normalized spacial score (nSPS) is 18.8. The Balaban J connectivity index is 1.60. The lowest BCUT2D eigenvalue weighted by Gasteiger charge is -2.15. The molecule has 0 unspecified atom stereocenters. The van der Waals surface area contributed by atoms with E-state index in [1.165, 1.54) is 4.68 Å².